The molecule has 0 nitrogen and oxygen atoms in total. The molecule has 0 bridgehead atoms. The summed E-state index contributed by atoms with van der Waals surface area (Å²) in [4.78, 5) is 0. The Labute approximate surface area is 100 Å². The van der Waals surface area contributed by atoms with E-state index in [1.54, 1.807) is 0 Å². The normalized spacial score (nSPS) is 12.2. The highest BCUT2D eigenvalue weighted by Gasteiger charge is 2.02. The molecule has 0 amide bonds. The molecular formula is C16H24. The third-order valence-corrected chi connectivity index (χ3v) is 2.92. The summed E-state index contributed by atoms with van der Waals surface area (Å²) in [6, 6.07) is 8.93. The molecule has 1 aromatic rings. The van der Waals surface area contributed by atoms with Gasteiger partial charge in [-0.25, -0.2) is 0 Å². The Morgan fingerprint density at radius 1 is 1.19 bits per heavy atom. The van der Waals surface area contributed by atoms with Crippen LogP contribution in [0, 0.1) is 12.8 Å². The molecule has 1 atom stereocenters. The summed E-state index contributed by atoms with van der Waals surface area (Å²) in [5.74, 6) is 0.776. The number of aryl methyl sites for hydroxylation is 1. The average molecular weight is 216 g/mol. The van der Waals surface area contributed by atoms with E-state index in [9.17, 15) is 0 Å². The van der Waals surface area contributed by atoms with E-state index in [-0.39, 0.29) is 0 Å². The van der Waals surface area contributed by atoms with Crippen LogP contribution in [0.1, 0.15) is 44.7 Å². The number of allylic oxidation sites excluding steroid dienone is 2. The molecule has 0 aliphatic carbocycles. The van der Waals surface area contributed by atoms with Gasteiger partial charge in [-0.05, 0) is 51.5 Å². The van der Waals surface area contributed by atoms with Gasteiger partial charge >= 0.3 is 0 Å². The van der Waals surface area contributed by atoms with Crippen molar-refractivity contribution in [2.45, 2.75) is 47.0 Å². The molecule has 1 rings (SSSR count). The fourth-order valence-corrected chi connectivity index (χ4v) is 1.89. The van der Waals surface area contributed by atoms with Gasteiger partial charge in [0, 0.05) is 0 Å². The van der Waals surface area contributed by atoms with E-state index < -0.39 is 0 Å². The molecule has 1 aromatic carbocycles. The maximum absolute atomic E-state index is 2.35. The van der Waals surface area contributed by atoms with Crippen LogP contribution in [0.25, 0.3) is 0 Å². The van der Waals surface area contributed by atoms with Crippen molar-refractivity contribution in [3.8, 4) is 0 Å². The van der Waals surface area contributed by atoms with E-state index in [1.165, 1.54) is 36.0 Å². The molecule has 1 unspecified atom stereocenters. The second-order valence-electron chi connectivity index (χ2n) is 5.15. The minimum absolute atomic E-state index is 0.776. The van der Waals surface area contributed by atoms with Crippen molar-refractivity contribution in [2.75, 3.05) is 0 Å². The quantitative estimate of drug-likeness (QED) is 0.613. The van der Waals surface area contributed by atoms with Gasteiger partial charge < -0.3 is 0 Å². The lowest BCUT2D eigenvalue weighted by atomic mass is 9.96. The highest BCUT2D eigenvalue weighted by molar-refractivity contribution is 5.21. The summed E-state index contributed by atoms with van der Waals surface area (Å²) in [5.41, 5.74) is 4.25. The first-order valence-electron chi connectivity index (χ1n) is 6.27. The smallest absolute Gasteiger partial charge is 0.0253 e. The van der Waals surface area contributed by atoms with Crippen molar-refractivity contribution < 1.29 is 0 Å². The van der Waals surface area contributed by atoms with E-state index >= 15 is 0 Å². The topological polar surface area (TPSA) is 0 Å². The standard InChI is InChI=1S/C16H24/c1-13(2)6-5-7-15(4)12-16-10-8-14(3)9-11-16/h6,8-11,15H,5,7,12H2,1-4H3. The van der Waals surface area contributed by atoms with Crippen LogP contribution in [-0.4, -0.2) is 0 Å². The maximum Gasteiger partial charge on any atom is -0.0253 e. The predicted octanol–water partition coefficient (Wildman–Crippen LogP) is 4.92. The summed E-state index contributed by atoms with van der Waals surface area (Å²) in [6.07, 6.45) is 6.05. The SMILES string of the molecule is CC(C)=CCCC(C)Cc1ccc(C)cc1. The molecule has 0 aliphatic heterocycles. The summed E-state index contributed by atoms with van der Waals surface area (Å²) < 4.78 is 0. The minimum atomic E-state index is 0.776. The van der Waals surface area contributed by atoms with Gasteiger partial charge in [0.05, 0.1) is 0 Å². The van der Waals surface area contributed by atoms with Crippen LogP contribution in [-0.2, 0) is 6.42 Å². The third kappa shape index (κ3) is 5.16. The van der Waals surface area contributed by atoms with Crippen LogP contribution in [0.4, 0.5) is 0 Å². The molecule has 0 radical (unpaired) electrons. The van der Waals surface area contributed by atoms with Gasteiger partial charge in [-0.3, -0.25) is 0 Å². The fourth-order valence-electron chi connectivity index (χ4n) is 1.89. The summed E-state index contributed by atoms with van der Waals surface area (Å²) in [7, 11) is 0. The molecule has 88 valence electrons. The lowest BCUT2D eigenvalue weighted by molar-refractivity contribution is 0.535. The van der Waals surface area contributed by atoms with Crippen molar-refractivity contribution in [3.05, 3.63) is 47.0 Å². The molecule has 0 aromatic heterocycles. The Morgan fingerprint density at radius 2 is 1.81 bits per heavy atom. The van der Waals surface area contributed by atoms with Crippen molar-refractivity contribution >= 4 is 0 Å². The van der Waals surface area contributed by atoms with Crippen molar-refractivity contribution in [1.82, 2.24) is 0 Å². The first-order chi connectivity index (χ1) is 7.58. The van der Waals surface area contributed by atoms with Gasteiger partial charge in [-0.1, -0.05) is 48.4 Å². The van der Waals surface area contributed by atoms with Crippen LogP contribution in [0.5, 0.6) is 0 Å². The molecule has 0 heteroatoms. The zero-order valence-corrected chi connectivity index (χ0v) is 11.1. The molecule has 0 saturated heterocycles. The van der Waals surface area contributed by atoms with Crippen LogP contribution in [0.3, 0.4) is 0 Å². The first-order valence-corrected chi connectivity index (χ1v) is 6.27. The molecule has 0 saturated carbocycles. The van der Waals surface area contributed by atoms with E-state index in [1.807, 2.05) is 0 Å². The maximum atomic E-state index is 2.35. The summed E-state index contributed by atoms with van der Waals surface area (Å²) >= 11 is 0. The number of hydrogen-bond acceptors (Lipinski definition) is 0. The second-order valence-corrected chi connectivity index (χ2v) is 5.15. The molecule has 0 spiro atoms. The molecular weight excluding hydrogens is 192 g/mol. The van der Waals surface area contributed by atoms with E-state index in [4.69, 9.17) is 0 Å². The van der Waals surface area contributed by atoms with Crippen molar-refractivity contribution in [3.63, 3.8) is 0 Å². The first kappa shape index (κ1) is 13.0. The van der Waals surface area contributed by atoms with Gasteiger partial charge in [-0.2, -0.15) is 0 Å². The largest absolute Gasteiger partial charge is 0.0859 e. The molecule has 0 heterocycles. The van der Waals surface area contributed by atoms with Crippen molar-refractivity contribution in [2.24, 2.45) is 5.92 Å². The lowest BCUT2D eigenvalue weighted by Crippen LogP contribution is -1.99. The van der Waals surface area contributed by atoms with Gasteiger partial charge in [0.25, 0.3) is 0 Å². The van der Waals surface area contributed by atoms with E-state index in [0.717, 1.165) is 5.92 Å². The van der Waals surface area contributed by atoms with Crippen LogP contribution >= 0.6 is 0 Å². The number of benzene rings is 1. The van der Waals surface area contributed by atoms with Gasteiger partial charge in [0.15, 0.2) is 0 Å². The third-order valence-electron chi connectivity index (χ3n) is 2.92. The average Bonchev–Trinajstić information content (AvgIpc) is 2.21. The Balaban J connectivity index is 2.36. The molecule has 0 aliphatic rings. The van der Waals surface area contributed by atoms with Gasteiger partial charge in [-0.15, -0.1) is 0 Å². The number of hydrogen-bond donors (Lipinski definition) is 0. The Hall–Kier alpha value is -1.04. The summed E-state index contributed by atoms with van der Waals surface area (Å²) in [6.45, 7) is 8.83. The van der Waals surface area contributed by atoms with Crippen LogP contribution in [0.15, 0.2) is 35.9 Å². The highest BCUT2D eigenvalue weighted by Crippen LogP contribution is 2.15. The van der Waals surface area contributed by atoms with Crippen LogP contribution in [0.2, 0.25) is 0 Å². The second kappa shape index (κ2) is 6.52. The zero-order chi connectivity index (χ0) is 12.0. The number of rotatable bonds is 5. The van der Waals surface area contributed by atoms with E-state index in [0.29, 0.717) is 0 Å². The Kier molecular flexibility index (Phi) is 5.31. The Bertz CT molecular complexity index is 326. The minimum Gasteiger partial charge on any atom is -0.0859 e. The van der Waals surface area contributed by atoms with E-state index in [2.05, 4.69) is 58.0 Å². The molecule has 0 N–H and O–H groups in total. The highest BCUT2D eigenvalue weighted by atomic mass is 14.1. The van der Waals surface area contributed by atoms with Gasteiger partial charge in [0.1, 0.15) is 0 Å². The van der Waals surface area contributed by atoms with Crippen LogP contribution < -0.4 is 0 Å². The summed E-state index contributed by atoms with van der Waals surface area (Å²) in [5, 5.41) is 0. The fraction of sp³-hybridized carbons (Fsp3) is 0.500. The predicted molar refractivity (Wildman–Crippen MR) is 72.7 cm³/mol. The monoisotopic (exact) mass is 216 g/mol. The molecule has 16 heavy (non-hydrogen) atoms. The van der Waals surface area contributed by atoms with Gasteiger partial charge in [0.2, 0.25) is 0 Å². The Morgan fingerprint density at radius 3 is 2.38 bits per heavy atom. The van der Waals surface area contributed by atoms with Crippen molar-refractivity contribution in [1.29, 1.82) is 0 Å². The zero-order valence-electron chi connectivity index (χ0n) is 11.1. The molecule has 0 fully saturated rings. The lowest BCUT2D eigenvalue weighted by Gasteiger charge is -2.10.